The number of piperazine rings is 1. The highest BCUT2D eigenvalue weighted by Gasteiger charge is 2.19. The molecule has 0 aliphatic carbocycles. The van der Waals surface area contributed by atoms with E-state index in [9.17, 15) is 4.79 Å². The first kappa shape index (κ1) is 23.1. The average Bonchev–Trinajstić information content (AvgIpc) is 3.27. The topological polar surface area (TPSA) is 55.5 Å². The van der Waals surface area contributed by atoms with Gasteiger partial charge in [-0.25, -0.2) is 4.98 Å². The van der Waals surface area contributed by atoms with Gasteiger partial charge in [0.1, 0.15) is 5.65 Å². The van der Waals surface area contributed by atoms with Gasteiger partial charge < -0.3 is 19.7 Å². The van der Waals surface area contributed by atoms with E-state index < -0.39 is 0 Å². The quantitative estimate of drug-likeness (QED) is 0.461. The number of hydrogen-bond acceptors (Lipinski definition) is 4. The molecular weight excluding hydrogens is 434 g/mol. The number of carbonyl (C=O) groups excluding carboxylic acids is 1. The summed E-state index contributed by atoms with van der Waals surface area (Å²) in [4.78, 5) is 27.0. The van der Waals surface area contributed by atoms with Crippen molar-refractivity contribution in [3.05, 3.63) is 71.5 Å². The second-order valence-electron chi connectivity index (χ2n) is 9.85. The summed E-state index contributed by atoms with van der Waals surface area (Å²) in [7, 11) is 5.74. The molecule has 3 heterocycles. The molecule has 0 bridgehead atoms. The van der Waals surface area contributed by atoms with Crippen LogP contribution in [-0.4, -0.2) is 73.0 Å². The van der Waals surface area contributed by atoms with E-state index in [1.54, 1.807) is 19.0 Å². The second-order valence-corrected chi connectivity index (χ2v) is 9.85. The van der Waals surface area contributed by atoms with Crippen molar-refractivity contribution in [2.24, 2.45) is 0 Å². The maximum Gasteiger partial charge on any atom is 0.253 e. The van der Waals surface area contributed by atoms with Crippen LogP contribution < -0.4 is 4.90 Å². The number of hydrogen-bond donors (Lipinski definition) is 1. The fourth-order valence-electron chi connectivity index (χ4n) is 5.13. The Hall–Kier alpha value is -3.64. The van der Waals surface area contributed by atoms with Crippen LogP contribution in [0.1, 0.15) is 21.5 Å². The lowest BCUT2D eigenvalue weighted by Gasteiger charge is -2.36. The van der Waals surface area contributed by atoms with Crippen molar-refractivity contribution < 1.29 is 4.79 Å². The fourth-order valence-corrected chi connectivity index (χ4v) is 5.13. The standard InChI is InChI=1S/C29H33N5O/c1-19-13-23(14-20(2)27(19)34-11-9-33(5)10-12-34)24-16-25-26(18-31-28(25)30-17-24)21-7-6-8-22(15-21)29(35)32(3)4/h6-8,13-18H,9-12H2,1-5H3,(H,30,31). The van der Waals surface area contributed by atoms with Crippen LogP contribution >= 0.6 is 0 Å². The van der Waals surface area contributed by atoms with Gasteiger partial charge in [0.25, 0.3) is 5.91 Å². The number of nitrogens with one attached hydrogen (secondary N) is 1. The van der Waals surface area contributed by atoms with Crippen LogP contribution in [0.2, 0.25) is 0 Å². The molecule has 2 aromatic carbocycles. The van der Waals surface area contributed by atoms with Gasteiger partial charge in [0.2, 0.25) is 0 Å². The van der Waals surface area contributed by atoms with E-state index in [0.717, 1.165) is 53.9 Å². The minimum Gasteiger partial charge on any atom is -0.369 e. The van der Waals surface area contributed by atoms with Gasteiger partial charge in [-0.1, -0.05) is 12.1 Å². The fraction of sp³-hybridized carbons (Fsp3) is 0.310. The molecule has 1 fully saturated rings. The number of rotatable bonds is 4. The summed E-state index contributed by atoms with van der Waals surface area (Å²) in [5.74, 6) is -0.00287. The smallest absolute Gasteiger partial charge is 0.253 e. The number of pyridine rings is 1. The zero-order chi connectivity index (χ0) is 24.7. The highest BCUT2D eigenvalue weighted by Crippen LogP contribution is 2.35. The van der Waals surface area contributed by atoms with Crippen LogP contribution in [0.15, 0.2) is 54.9 Å². The lowest BCUT2D eigenvalue weighted by Crippen LogP contribution is -2.45. The van der Waals surface area contributed by atoms with Gasteiger partial charge in [-0.3, -0.25) is 4.79 Å². The lowest BCUT2D eigenvalue weighted by molar-refractivity contribution is 0.0827. The van der Waals surface area contributed by atoms with Crippen molar-refractivity contribution in [1.82, 2.24) is 19.8 Å². The van der Waals surface area contributed by atoms with Crippen molar-refractivity contribution in [3.8, 4) is 22.3 Å². The number of aromatic amines is 1. The third-order valence-corrected chi connectivity index (χ3v) is 7.00. The first-order chi connectivity index (χ1) is 16.8. The number of nitrogens with zero attached hydrogens (tertiary/aromatic N) is 4. The molecule has 0 spiro atoms. The number of likely N-dealkylation sites (N-methyl/N-ethyl adjacent to an activating group) is 1. The Bertz CT molecular complexity index is 1370. The van der Waals surface area contributed by atoms with E-state index >= 15 is 0 Å². The Labute approximate surface area is 207 Å². The first-order valence-corrected chi connectivity index (χ1v) is 12.2. The number of aryl methyl sites for hydroxylation is 2. The summed E-state index contributed by atoms with van der Waals surface area (Å²) >= 11 is 0. The first-order valence-electron chi connectivity index (χ1n) is 12.2. The van der Waals surface area contributed by atoms with E-state index in [-0.39, 0.29) is 5.91 Å². The van der Waals surface area contributed by atoms with Crippen LogP contribution in [0.4, 0.5) is 5.69 Å². The van der Waals surface area contributed by atoms with Gasteiger partial charge >= 0.3 is 0 Å². The van der Waals surface area contributed by atoms with Crippen molar-refractivity contribution >= 4 is 22.6 Å². The van der Waals surface area contributed by atoms with E-state index in [4.69, 9.17) is 4.98 Å². The number of benzene rings is 2. The van der Waals surface area contributed by atoms with Crippen LogP contribution in [-0.2, 0) is 0 Å². The summed E-state index contributed by atoms with van der Waals surface area (Å²) in [5.41, 5.74) is 9.80. The monoisotopic (exact) mass is 467 g/mol. The molecule has 0 atom stereocenters. The molecule has 0 radical (unpaired) electrons. The minimum atomic E-state index is -0.00287. The maximum atomic E-state index is 12.5. The summed E-state index contributed by atoms with van der Waals surface area (Å²) in [6.07, 6.45) is 3.92. The van der Waals surface area contributed by atoms with Gasteiger partial charge in [-0.05, 0) is 73.5 Å². The molecule has 1 aliphatic heterocycles. The highest BCUT2D eigenvalue weighted by atomic mass is 16.2. The number of amides is 1. The van der Waals surface area contributed by atoms with Crippen molar-refractivity contribution in [2.45, 2.75) is 13.8 Å². The summed E-state index contributed by atoms with van der Waals surface area (Å²) in [6.45, 7) is 8.74. The molecule has 4 aromatic rings. The molecule has 180 valence electrons. The lowest BCUT2D eigenvalue weighted by atomic mass is 9.97. The van der Waals surface area contributed by atoms with E-state index in [2.05, 4.69) is 53.9 Å². The Morgan fingerprint density at radius 3 is 2.34 bits per heavy atom. The number of carbonyl (C=O) groups is 1. The van der Waals surface area contributed by atoms with Crippen molar-refractivity contribution in [1.29, 1.82) is 0 Å². The van der Waals surface area contributed by atoms with E-state index in [0.29, 0.717) is 5.56 Å². The minimum absolute atomic E-state index is 0.00287. The van der Waals surface area contributed by atoms with Gasteiger partial charge in [0.15, 0.2) is 0 Å². The molecule has 0 saturated carbocycles. The van der Waals surface area contributed by atoms with Gasteiger partial charge in [0, 0.05) is 80.4 Å². The molecule has 5 rings (SSSR count). The van der Waals surface area contributed by atoms with Crippen LogP contribution in [0.25, 0.3) is 33.3 Å². The molecule has 2 aromatic heterocycles. The van der Waals surface area contributed by atoms with Crippen LogP contribution in [0.5, 0.6) is 0 Å². The van der Waals surface area contributed by atoms with Crippen molar-refractivity contribution in [2.75, 3.05) is 52.2 Å². The van der Waals surface area contributed by atoms with Gasteiger partial charge in [-0.2, -0.15) is 0 Å². The van der Waals surface area contributed by atoms with E-state index in [1.165, 1.54) is 22.4 Å². The zero-order valence-electron chi connectivity index (χ0n) is 21.2. The summed E-state index contributed by atoms with van der Waals surface area (Å²) < 4.78 is 0. The summed E-state index contributed by atoms with van der Waals surface area (Å²) in [6, 6.07) is 14.6. The van der Waals surface area contributed by atoms with E-state index in [1.807, 2.05) is 36.7 Å². The highest BCUT2D eigenvalue weighted by molar-refractivity contribution is 5.99. The molecule has 35 heavy (non-hydrogen) atoms. The zero-order valence-corrected chi connectivity index (χ0v) is 21.2. The molecule has 1 aliphatic rings. The average molecular weight is 468 g/mol. The largest absolute Gasteiger partial charge is 0.369 e. The molecular formula is C29H33N5O. The Morgan fingerprint density at radius 1 is 0.943 bits per heavy atom. The predicted octanol–water partition coefficient (Wildman–Crippen LogP) is 4.97. The van der Waals surface area contributed by atoms with Crippen LogP contribution in [0.3, 0.4) is 0 Å². The molecule has 6 nitrogen and oxygen atoms in total. The van der Waals surface area contributed by atoms with Gasteiger partial charge in [-0.15, -0.1) is 0 Å². The number of anilines is 1. The molecule has 0 unspecified atom stereocenters. The molecule has 1 saturated heterocycles. The Balaban J connectivity index is 1.52. The predicted molar refractivity (Wildman–Crippen MR) is 144 cm³/mol. The molecule has 1 N–H and O–H groups in total. The van der Waals surface area contributed by atoms with Crippen LogP contribution in [0, 0.1) is 13.8 Å². The molecule has 6 heteroatoms. The third-order valence-electron chi connectivity index (χ3n) is 7.00. The maximum absolute atomic E-state index is 12.5. The SMILES string of the molecule is Cc1cc(-c2cnc3[nH]cc(-c4cccc(C(=O)N(C)C)c4)c3c2)cc(C)c1N1CCN(C)CC1. The Kier molecular flexibility index (Phi) is 6.07. The number of H-pyrrole nitrogens is 1. The third kappa shape index (κ3) is 4.42. The second kappa shape index (κ2) is 9.19. The van der Waals surface area contributed by atoms with Gasteiger partial charge in [0.05, 0.1) is 0 Å². The number of aromatic nitrogens is 2. The normalized spacial score (nSPS) is 14.5. The summed E-state index contributed by atoms with van der Waals surface area (Å²) in [5, 5.41) is 1.05. The van der Waals surface area contributed by atoms with Crippen molar-refractivity contribution in [3.63, 3.8) is 0 Å². The molecule has 1 amide bonds. The Morgan fingerprint density at radius 2 is 1.66 bits per heavy atom. The number of fused-ring (bicyclic) bond motifs is 1.